The van der Waals surface area contributed by atoms with E-state index < -0.39 is 11.6 Å². The van der Waals surface area contributed by atoms with Gasteiger partial charge in [-0.15, -0.1) is 11.3 Å². The van der Waals surface area contributed by atoms with Gasteiger partial charge >= 0.3 is 0 Å². The smallest absolute Gasteiger partial charge is 0.200 e. The Kier molecular flexibility index (Phi) is 3.98. The highest BCUT2D eigenvalue weighted by Gasteiger charge is 2.20. The highest BCUT2D eigenvalue weighted by molar-refractivity contribution is 7.11. The average Bonchev–Trinajstić information content (AvgIpc) is 3.17. The maximum atomic E-state index is 13.4. The second kappa shape index (κ2) is 5.89. The van der Waals surface area contributed by atoms with Gasteiger partial charge in [-0.25, -0.2) is 4.39 Å². The summed E-state index contributed by atoms with van der Waals surface area (Å²) in [7, 11) is 0. The van der Waals surface area contributed by atoms with Crippen molar-refractivity contribution in [3.8, 4) is 5.75 Å². The lowest BCUT2D eigenvalue weighted by Crippen LogP contribution is -2.14. The second-order valence-electron chi connectivity index (χ2n) is 4.86. The molecule has 2 aromatic rings. The summed E-state index contributed by atoms with van der Waals surface area (Å²) in [6.45, 7) is 1.12. The van der Waals surface area contributed by atoms with Crippen LogP contribution < -0.4 is 10.1 Å². The predicted molar refractivity (Wildman–Crippen MR) is 74.9 cm³/mol. The molecule has 1 saturated carbocycles. The molecule has 0 aliphatic heterocycles. The molecule has 1 aliphatic carbocycles. The largest absolute Gasteiger partial charge is 0.485 e. The number of ether oxygens (including phenoxy) is 1. The lowest BCUT2D eigenvalue weighted by molar-refractivity contribution is 0.287. The van der Waals surface area contributed by atoms with Crippen LogP contribution in [-0.4, -0.2) is 6.04 Å². The number of halogens is 2. The van der Waals surface area contributed by atoms with Gasteiger partial charge in [-0.05, 0) is 37.1 Å². The summed E-state index contributed by atoms with van der Waals surface area (Å²) in [5.74, 6) is -1.86. The minimum absolute atomic E-state index is 0.0453. The van der Waals surface area contributed by atoms with E-state index in [1.54, 1.807) is 11.3 Å². The SMILES string of the molecule is Fc1cccc(OCc2ccc(CNC3CC3)s2)c1F. The first kappa shape index (κ1) is 13.5. The Morgan fingerprint density at radius 1 is 1.15 bits per heavy atom. The van der Waals surface area contributed by atoms with E-state index in [0.29, 0.717) is 6.04 Å². The van der Waals surface area contributed by atoms with Crippen molar-refractivity contribution in [1.82, 2.24) is 5.32 Å². The first-order chi connectivity index (χ1) is 9.72. The number of benzene rings is 1. The van der Waals surface area contributed by atoms with Crippen LogP contribution in [0.3, 0.4) is 0 Å². The Bertz CT molecular complexity index is 595. The van der Waals surface area contributed by atoms with E-state index in [-0.39, 0.29) is 12.4 Å². The highest BCUT2D eigenvalue weighted by atomic mass is 32.1. The van der Waals surface area contributed by atoms with Crippen LogP contribution in [0, 0.1) is 11.6 Å². The van der Waals surface area contributed by atoms with Gasteiger partial charge in [0.25, 0.3) is 0 Å². The lowest BCUT2D eigenvalue weighted by atomic mass is 10.3. The molecular formula is C15H15F2NOS. The topological polar surface area (TPSA) is 21.3 Å². The van der Waals surface area contributed by atoms with Crippen LogP contribution in [0.15, 0.2) is 30.3 Å². The van der Waals surface area contributed by atoms with E-state index in [4.69, 9.17) is 4.74 Å². The Morgan fingerprint density at radius 2 is 1.95 bits per heavy atom. The van der Waals surface area contributed by atoms with E-state index in [2.05, 4.69) is 5.32 Å². The van der Waals surface area contributed by atoms with Crippen LogP contribution in [0.25, 0.3) is 0 Å². The van der Waals surface area contributed by atoms with Gasteiger partial charge in [0.15, 0.2) is 11.6 Å². The summed E-state index contributed by atoms with van der Waals surface area (Å²) in [4.78, 5) is 2.23. The third-order valence-corrected chi connectivity index (χ3v) is 4.20. The zero-order valence-corrected chi connectivity index (χ0v) is 11.7. The van der Waals surface area contributed by atoms with Gasteiger partial charge in [0, 0.05) is 22.3 Å². The van der Waals surface area contributed by atoms with Crippen molar-refractivity contribution in [1.29, 1.82) is 0 Å². The van der Waals surface area contributed by atoms with Gasteiger partial charge in [0.05, 0.1) is 0 Å². The number of nitrogens with one attached hydrogen (secondary N) is 1. The zero-order valence-electron chi connectivity index (χ0n) is 10.9. The van der Waals surface area contributed by atoms with E-state index in [1.165, 1.54) is 29.9 Å². The van der Waals surface area contributed by atoms with Crippen molar-refractivity contribution >= 4 is 11.3 Å². The van der Waals surface area contributed by atoms with Crippen LogP contribution in [0.4, 0.5) is 8.78 Å². The van der Waals surface area contributed by atoms with E-state index in [0.717, 1.165) is 17.5 Å². The molecule has 0 amide bonds. The normalized spacial score (nSPS) is 14.5. The zero-order chi connectivity index (χ0) is 13.9. The molecule has 5 heteroatoms. The van der Waals surface area contributed by atoms with Crippen molar-refractivity contribution in [2.75, 3.05) is 0 Å². The van der Waals surface area contributed by atoms with Crippen molar-refractivity contribution in [2.24, 2.45) is 0 Å². The molecule has 0 radical (unpaired) electrons. The summed E-state index contributed by atoms with van der Waals surface area (Å²) < 4.78 is 31.8. The standard InChI is InChI=1S/C15H15F2NOS/c16-13-2-1-3-14(15(13)17)19-9-12-7-6-11(20-12)8-18-10-4-5-10/h1-3,6-7,10,18H,4-5,8-9H2. The van der Waals surface area contributed by atoms with Gasteiger partial charge in [0.1, 0.15) is 6.61 Å². The molecule has 106 valence electrons. The quantitative estimate of drug-likeness (QED) is 0.874. The Balaban J connectivity index is 1.56. The summed E-state index contributed by atoms with van der Waals surface area (Å²) in [5.41, 5.74) is 0. The fraction of sp³-hybridized carbons (Fsp3) is 0.333. The summed E-state index contributed by atoms with van der Waals surface area (Å²) in [6, 6.07) is 8.63. The fourth-order valence-electron chi connectivity index (χ4n) is 1.87. The maximum absolute atomic E-state index is 13.4. The van der Waals surface area contributed by atoms with Crippen LogP contribution in [0.5, 0.6) is 5.75 Å². The van der Waals surface area contributed by atoms with Gasteiger partial charge in [-0.1, -0.05) is 6.07 Å². The average molecular weight is 295 g/mol. The molecule has 3 rings (SSSR count). The van der Waals surface area contributed by atoms with E-state index in [9.17, 15) is 8.78 Å². The van der Waals surface area contributed by atoms with Crippen molar-refractivity contribution in [3.63, 3.8) is 0 Å². The molecule has 20 heavy (non-hydrogen) atoms. The van der Waals surface area contributed by atoms with Gasteiger partial charge in [0.2, 0.25) is 5.82 Å². The summed E-state index contributed by atoms with van der Waals surface area (Å²) >= 11 is 1.63. The van der Waals surface area contributed by atoms with E-state index in [1.807, 2.05) is 12.1 Å². The van der Waals surface area contributed by atoms with Crippen LogP contribution in [0.1, 0.15) is 22.6 Å². The molecule has 2 nitrogen and oxygen atoms in total. The van der Waals surface area contributed by atoms with Gasteiger partial charge in [-0.2, -0.15) is 4.39 Å². The van der Waals surface area contributed by atoms with Crippen molar-refractivity contribution < 1.29 is 13.5 Å². The molecule has 1 aliphatic rings. The fourth-order valence-corrected chi connectivity index (χ4v) is 2.75. The maximum Gasteiger partial charge on any atom is 0.200 e. The minimum atomic E-state index is -0.931. The van der Waals surface area contributed by atoms with Gasteiger partial charge < -0.3 is 10.1 Å². The van der Waals surface area contributed by atoms with Gasteiger partial charge in [-0.3, -0.25) is 0 Å². The monoisotopic (exact) mass is 295 g/mol. The molecule has 1 aromatic carbocycles. The molecular weight excluding hydrogens is 280 g/mol. The third-order valence-electron chi connectivity index (χ3n) is 3.15. The Hall–Kier alpha value is -1.46. The first-order valence-electron chi connectivity index (χ1n) is 6.60. The van der Waals surface area contributed by atoms with E-state index >= 15 is 0 Å². The highest BCUT2D eigenvalue weighted by Crippen LogP contribution is 2.24. The molecule has 0 bridgehead atoms. The van der Waals surface area contributed by atoms with Crippen LogP contribution >= 0.6 is 11.3 Å². The summed E-state index contributed by atoms with van der Waals surface area (Å²) in [5, 5.41) is 3.44. The second-order valence-corrected chi connectivity index (χ2v) is 6.12. The predicted octanol–water partition coefficient (Wildman–Crippen LogP) is 3.86. The molecule has 0 spiro atoms. The molecule has 1 fully saturated rings. The molecule has 1 heterocycles. The third kappa shape index (κ3) is 3.35. The molecule has 0 unspecified atom stereocenters. The number of hydrogen-bond donors (Lipinski definition) is 1. The van der Waals surface area contributed by atoms with Crippen molar-refractivity contribution in [3.05, 3.63) is 51.7 Å². The number of rotatable bonds is 6. The Labute approximate surface area is 120 Å². The molecule has 0 saturated heterocycles. The molecule has 0 atom stereocenters. The first-order valence-corrected chi connectivity index (χ1v) is 7.42. The number of thiophene rings is 1. The Morgan fingerprint density at radius 3 is 2.75 bits per heavy atom. The number of hydrogen-bond acceptors (Lipinski definition) is 3. The lowest BCUT2D eigenvalue weighted by Gasteiger charge is -2.05. The minimum Gasteiger partial charge on any atom is -0.485 e. The van der Waals surface area contributed by atoms with Crippen LogP contribution in [-0.2, 0) is 13.2 Å². The van der Waals surface area contributed by atoms with Crippen molar-refractivity contribution in [2.45, 2.75) is 32.0 Å². The molecule has 1 aromatic heterocycles. The summed E-state index contributed by atoms with van der Waals surface area (Å²) in [6.07, 6.45) is 2.53. The van der Waals surface area contributed by atoms with Crippen LogP contribution in [0.2, 0.25) is 0 Å². The molecule has 1 N–H and O–H groups in total.